The van der Waals surface area contributed by atoms with Gasteiger partial charge in [0.05, 0.1) is 18.8 Å². The van der Waals surface area contributed by atoms with Gasteiger partial charge in [0.25, 0.3) is 0 Å². The van der Waals surface area contributed by atoms with Crippen molar-refractivity contribution in [2.75, 3.05) is 13.2 Å². The lowest BCUT2D eigenvalue weighted by Gasteiger charge is -2.37. The molecule has 30 heavy (non-hydrogen) atoms. The Labute approximate surface area is 182 Å². The number of hydrogen-bond acceptors (Lipinski definition) is 6. The van der Waals surface area contributed by atoms with Gasteiger partial charge in [-0.3, -0.25) is 14.3 Å². The van der Waals surface area contributed by atoms with E-state index in [0.29, 0.717) is 12.0 Å². The molecule has 0 spiro atoms. The highest BCUT2D eigenvalue weighted by Crippen LogP contribution is 2.38. The molecule has 1 unspecified atom stereocenters. The van der Waals surface area contributed by atoms with E-state index in [4.69, 9.17) is 0 Å². The number of piperidine rings is 1. The first-order chi connectivity index (χ1) is 14.7. The maximum Gasteiger partial charge on any atom is 0.0967 e. The molecule has 2 atom stereocenters. The summed E-state index contributed by atoms with van der Waals surface area (Å²) >= 11 is 1.89. The lowest BCUT2D eigenvalue weighted by Crippen LogP contribution is -2.39. The van der Waals surface area contributed by atoms with Crippen molar-refractivity contribution < 1.29 is 5.11 Å². The number of aliphatic hydroxyl groups excluding tert-OH is 1. The predicted molar refractivity (Wildman–Crippen MR) is 119 cm³/mol. The molecule has 1 fully saturated rings. The van der Waals surface area contributed by atoms with Gasteiger partial charge in [-0.05, 0) is 56.3 Å². The second kappa shape index (κ2) is 9.85. The number of hydrogen-bond donors (Lipinski definition) is 1. The molecule has 8 heteroatoms. The van der Waals surface area contributed by atoms with Crippen LogP contribution in [0.15, 0.2) is 30.7 Å². The quantitative estimate of drug-likeness (QED) is 0.567. The summed E-state index contributed by atoms with van der Waals surface area (Å²) in [5.74, 6) is 0.596. The molecule has 4 rings (SSSR count). The number of aliphatic hydroxyl groups is 1. The van der Waals surface area contributed by atoms with Gasteiger partial charge < -0.3 is 5.11 Å². The second-order valence-corrected chi connectivity index (χ2v) is 9.42. The highest BCUT2D eigenvalue weighted by atomic mass is 32.1. The van der Waals surface area contributed by atoms with E-state index in [0.717, 1.165) is 57.6 Å². The number of likely N-dealkylation sites (tertiary alicyclic amines) is 1. The van der Waals surface area contributed by atoms with Crippen molar-refractivity contribution in [3.63, 3.8) is 0 Å². The van der Waals surface area contributed by atoms with E-state index in [1.807, 2.05) is 33.0 Å². The molecule has 0 bridgehead atoms. The van der Waals surface area contributed by atoms with Crippen molar-refractivity contribution in [2.45, 2.75) is 71.1 Å². The van der Waals surface area contributed by atoms with Crippen molar-refractivity contribution in [1.29, 1.82) is 0 Å². The zero-order valence-electron chi connectivity index (χ0n) is 17.9. The first kappa shape index (κ1) is 21.2. The Balaban J connectivity index is 1.33. The highest BCUT2D eigenvalue weighted by molar-refractivity contribution is 7.12. The zero-order chi connectivity index (χ0) is 20.9. The van der Waals surface area contributed by atoms with Crippen molar-refractivity contribution >= 4 is 11.3 Å². The van der Waals surface area contributed by atoms with Crippen LogP contribution >= 0.6 is 11.3 Å². The number of thiophene rings is 1. The molecular weight excluding hydrogens is 396 g/mol. The Bertz CT molecular complexity index is 918. The van der Waals surface area contributed by atoms with Gasteiger partial charge in [0.15, 0.2) is 0 Å². The zero-order valence-corrected chi connectivity index (χ0v) is 18.8. The number of rotatable bonds is 9. The Morgan fingerprint density at radius 1 is 1.27 bits per heavy atom. The third kappa shape index (κ3) is 4.99. The fourth-order valence-corrected chi connectivity index (χ4v) is 5.60. The molecule has 0 radical (unpaired) electrons. The molecular formula is C22H32N6OS. The van der Waals surface area contributed by atoms with Gasteiger partial charge in [0.1, 0.15) is 0 Å². The monoisotopic (exact) mass is 428 g/mol. The molecule has 1 aliphatic rings. The van der Waals surface area contributed by atoms with E-state index >= 15 is 0 Å². The number of aryl methyl sites for hydroxylation is 3. The van der Waals surface area contributed by atoms with Crippen LogP contribution < -0.4 is 0 Å². The van der Waals surface area contributed by atoms with Crippen LogP contribution in [-0.4, -0.2) is 54.0 Å². The van der Waals surface area contributed by atoms with Crippen LogP contribution in [-0.2, 0) is 32.5 Å². The summed E-state index contributed by atoms with van der Waals surface area (Å²) in [6.45, 7) is 8.27. The molecule has 0 amide bonds. The second-order valence-electron chi connectivity index (χ2n) is 8.20. The van der Waals surface area contributed by atoms with Crippen molar-refractivity contribution in [3.05, 3.63) is 51.7 Å². The normalized spacial score (nSPS) is 20.1. The summed E-state index contributed by atoms with van der Waals surface area (Å²) in [5, 5.41) is 22.4. The van der Waals surface area contributed by atoms with E-state index in [2.05, 4.69) is 46.4 Å². The maximum absolute atomic E-state index is 9.46. The fourth-order valence-electron chi connectivity index (χ4n) is 4.42. The number of aromatic nitrogens is 5. The van der Waals surface area contributed by atoms with E-state index in [1.54, 1.807) is 6.20 Å². The largest absolute Gasteiger partial charge is 0.396 e. The van der Waals surface area contributed by atoms with Crippen LogP contribution in [0.2, 0.25) is 0 Å². The standard InChI is InChI=1S/C22H32N6OS/c1-3-20-14-21(22(30-20)6-12-29)18-5-9-26(17(2)13-18)15-19-16-28(25-24-19)11-10-27-8-4-7-23-27/h4,7-8,14,16-18,29H,3,5-6,9-13,15H2,1-2H3/t17-,18?/m0/s1. The minimum absolute atomic E-state index is 0.237. The smallest absolute Gasteiger partial charge is 0.0967 e. The molecule has 1 aliphatic heterocycles. The van der Waals surface area contributed by atoms with Gasteiger partial charge >= 0.3 is 0 Å². The predicted octanol–water partition coefficient (Wildman–Crippen LogP) is 3.10. The highest BCUT2D eigenvalue weighted by Gasteiger charge is 2.29. The molecule has 3 aromatic heterocycles. The fraction of sp³-hybridized carbons (Fsp3) is 0.591. The van der Waals surface area contributed by atoms with Gasteiger partial charge in [-0.15, -0.1) is 16.4 Å². The maximum atomic E-state index is 9.46. The van der Waals surface area contributed by atoms with E-state index in [-0.39, 0.29) is 6.61 Å². The molecule has 0 aromatic carbocycles. The molecule has 1 N–H and O–H groups in total. The van der Waals surface area contributed by atoms with Crippen LogP contribution in [0.25, 0.3) is 0 Å². The van der Waals surface area contributed by atoms with Crippen molar-refractivity contribution in [2.24, 2.45) is 0 Å². The molecule has 0 aliphatic carbocycles. The molecule has 162 valence electrons. The molecule has 3 aromatic rings. The van der Waals surface area contributed by atoms with Gasteiger partial charge in [-0.25, -0.2) is 0 Å². The third-order valence-electron chi connectivity index (χ3n) is 6.10. The molecule has 4 heterocycles. The van der Waals surface area contributed by atoms with E-state index in [1.165, 1.54) is 15.3 Å². The Hall–Kier alpha value is -2.03. The third-order valence-corrected chi connectivity index (χ3v) is 7.46. The van der Waals surface area contributed by atoms with Crippen molar-refractivity contribution in [1.82, 2.24) is 29.7 Å². The van der Waals surface area contributed by atoms with E-state index < -0.39 is 0 Å². The summed E-state index contributed by atoms with van der Waals surface area (Å²) in [5.41, 5.74) is 2.52. The van der Waals surface area contributed by atoms with Gasteiger partial charge in [-0.1, -0.05) is 12.1 Å². The van der Waals surface area contributed by atoms with Crippen LogP contribution in [0.4, 0.5) is 0 Å². The lowest BCUT2D eigenvalue weighted by molar-refractivity contribution is 0.137. The average Bonchev–Trinajstić information content (AvgIpc) is 3.49. The SMILES string of the molecule is CCc1cc(C2CCN(Cc3cn(CCn4cccn4)nn3)[C@@H](C)C2)c(CCO)s1. The average molecular weight is 429 g/mol. The van der Waals surface area contributed by atoms with Gasteiger partial charge in [0, 0.05) is 54.0 Å². The van der Waals surface area contributed by atoms with Crippen molar-refractivity contribution in [3.8, 4) is 0 Å². The molecule has 0 saturated carbocycles. The van der Waals surface area contributed by atoms with Crippen LogP contribution in [0, 0.1) is 0 Å². The Morgan fingerprint density at radius 3 is 2.87 bits per heavy atom. The summed E-state index contributed by atoms with van der Waals surface area (Å²) in [6, 6.07) is 4.84. The Kier molecular flexibility index (Phi) is 6.97. The van der Waals surface area contributed by atoms with Crippen LogP contribution in [0.3, 0.4) is 0 Å². The Morgan fingerprint density at radius 2 is 2.13 bits per heavy atom. The summed E-state index contributed by atoms with van der Waals surface area (Å²) in [7, 11) is 0. The topological polar surface area (TPSA) is 72.0 Å². The summed E-state index contributed by atoms with van der Waals surface area (Å²) in [6.07, 6.45) is 10.0. The number of nitrogens with zero attached hydrogens (tertiary/aromatic N) is 6. The molecule has 1 saturated heterocycles. The van der Waals surface area contributed by atoms with Crippen LogP contribution in [0.5, 0.6) is 0 Å². The first-order valence-corrected chi connectivity index (χ1v) is 11.8. The van der Waals surface area contributed by atoms with E-state index in [9.17, 15) is 5.11 Å². The molecule has 7 nitrogen and oxygen atoms in total. The minimum atomic E-state index is 0.237. The summed E-state index contributed by atoms with van der Waals surface area (Å²) in [4.78, 5) is 5.35. The van der Waals surface area contributed by atoms with Gasteiger partial charge in [-0.2, -0.15) is 5.10 Å². The summed E-state index contributed by atoms with van der Waals surface area (Å²) < 4.78 is 3.82. The first-order valence-electron chi connectivity index (χ1n) is 11.0. The minimum Gasteiger partial charge on any atom is -0.396 e. The lowest BCUT2D eigenvalue weighted by atomic mass is 9.85. The van der Waals surface area contributed by atoms with Gasteiger partial charge in [0.2, 0.25) is 0 Å². The van der Waals surface area contributed by atoms with Crippen LogP contribution in [0.1, 0.15) is 53.6 Å².